The molecule has 3 amide bonds. The molecule has 0 saturated carbocycles. The molecule has 11 heteroatoms. The van der Waals surface area contributed by atoms with Crippen molar-refractivity contribution < 1.29 is 32.3 Å². The van der Waals surface area contributed by atoms with E-state index in [0.717, 1.165) is 12.1 Å². The quantitative estimate of drug-likeness (QED) is 0.412. The topological polar surface area (TPSA) is 140 Å². The first-order chi connectivity index (χ1) is 14.2. The summed E-state index contributed by atoms with van der Waals surface area (Å²) in [5.74, 6) is -0.965. The van der Waals surface area contributed by atoms with Gasteiger partial charge in [0.1, 0.15) is 11.5 Å². The van der Waals surface area contributed by atoms with Crippen molar-refractivity contribution in [1.82, 2.24) is 15.6 Å². The maximum atomic E-state index is 12.4. The highest BCUT2D eigenvalue weighted by atomic mass is 32.2. The molecule has 1 unspecified atom stereocenters. The van der Waals surface area contributed by atoms with Crippen LogP contribution < -0.4 is 25.0 Å². The maximum Gasteiger partial charge on any atom is 0.275 e. The minimum absolute atomic E-state index is 0.0543. The van der Waals surface area contributed by atoms with Gasteiger partial charge in [-0.2, -0.15) is 0 Å². The van der Waals surface area contributed by atoms with E-state index in [4.69, 9.17) is 9.47 Å². The Morgan fingerprint density at radius 2 is 1.67 bits per heavy atom. The molecule has 2 aromatic carbocycles. The Bertz CT molecular complexity index is 1100. The Hall–Kier alpha value is -3.44. The number of hydrazine groups is 1. The molecule has 1 aliphatic rings. The second-order valence-corrected chi connectivity index (χ2v) is 7.93. The third-order valence-corrected chi connectivity index (χ3v) is 5.39. The van der Waals surface area contributed by atoms with Crippen LogP contribution in [0.1, 0.15) is 34.6 Å². The van der Waals surface area contributed by atoms with Gasteiger partial charge in [-0.1, -0.05) is 0 Å². The molecule has 10 nitrogen and oxygen atoms in total. The molecule has 1 atom stereocenters. The highest BCUT2D eigenvalue weighted by Crippen LogP contribution is 2.20. The van der Waals surface area contributed by atoms with E-state index < -0.39 is 33.8 Å². The molecule has 0 fully saturated rings. The van der Waals surface area contributed by atoms with Crippen LogP contribution in [0.25, 0.3) is 0 Å². The third kappa shape index (κ3) is 4.58. The molecule has 0 saturated heterocycles. The largest absolute Gasteiger partial charge is 0.494 e. The van der Waals surface area contributed by atoms with Crippen LogP contribution in [-0.2, 0) is 14.8 Å². The fourth-order valence-electron chi connectivity index (χ4n) is 2.63. The van der Waals surface area contributed by atoms with Crippen molar-refractivity contribution in [3.63, 3.8) is 0 Å². The molecular formula is C19H19N3O7S. The van der Waals surface area contributed by atoms with E-state index in [2.05, 4.69) is 10.7 Å². The van der Waals surface area contributed by atoms with E-state index in [1.165, 1.54) is 13.0 Å². The zero-order chi connectivity index (χ0) is 21.9. The van der Waals surface area contributed by atoms with Gasteiger partial charge in [0.25, 0.3) is 27.7 Å². The number of hydrogen-bond donors (Lipinski definition) is 3. The van der Waals surface area contributed by atoms with Gasteiger partial charge < -0.3 is 9.47 Å². The van der Waals surface area contributed by atoms with E-state index in [1.807, 2.05) is 11.8 Å². The Morgan fingerprint density at radius 1 is 1.03 bits per heavy atom. The monoisotopic (exact) mass is 433 g/mol. The third-order valence-electron chi connectivity index (χ3n) is 4.14. The summed E-state index contributed by atoms with van der Waals surface area (Å²) in [7, 11) is -4.18. The highest BCUT2D eigenvalue weighted by Gasteiger charge is 2.29. The van der Waals surface area contributed by atoms with E-state index >= 15 is 0 Å². The van der Waals surface area contributed by atoms with Gasteiger partial charge in [-0.05, 0) is 56.3 Å². The summed E-state index contributed by atoms with van der Waals surface area (Å²) in [6, 6.07) is 10.0. The number of carbonyl (C=O) groups is 3. The fourth-order valence-corrected chi connectivity index (χ4v) is 3.50. The van der Waals surface area contributed by atoms with Crippen LogP contribution in [0, 0.1) is 0 Å². The van der Waals surface area contributed by atoms with Crippen LogP contribution >= 0.6 is 0 Å². The van der Waals surface area contributed by atoms with Gasteiger partial charge >= 0.3 is 0 Å². The van der Waals surface area contributed by atoms with E-state index in [9.17, 15) is 22.8 Å². The molecule has 0 spiro atoms. The Morgan fingerprint density at radius 3 is 2.33 bits per heavy atom. The normalized spacial score (nSPS) is 13.9. The number of imide groups is 1. The SMILES string of the molecule is CCOc1ccc(OC(C)C(=O)NNS(=O)(=O)c2ccc3c(c2)C(=O)NC3=O)cc1. The van der Waals surface area contributed by atoms with Crippen LogP contribution in [0.2, 0.25) is 0 Å². The van der Waals surface area contributed by atoms with Gasteiger partial charge in [0, 0.05) is 0 Å². The number of ether oxygens (including phenoxy) is 2. The van der Waals surface area contributed by atoms with E-state index in [1.54, 1.807) is 24.3 Å². The van der Waals surface area contributed by atoms with Crippen molar-refractivity contribution in [2.24, 2.45) is 0 Å². The molecule has 1 heterocycles. The standard InChI is InChI=1S/C19H19N3O7S/c1-3-28-12-4-6-13(7-5-12)29-11(2)17(23)21-22-30(26,27)14-8-9-15-16(10-14)19(25)20-18(15)24/h4-11,22H,3H2,1-2H3,(H,21,23)(H,20,24,25). The fraction of sp³-hybridized carbons (Fsp3) is 0.211. The molecule has 0 radical (unpaired) electrons. The molecule has 158 valence electrons. The molecule has 3 rings (SSSR count). The second kappa shape index (κ2) is 8.51. The Balaban J connectivity index is 1.61. The molecule has 1 aliphatic heterocycles. The van der Waals surface area contributed by atoms with Crippen molar-refractivity contribution in [3.05, 3.63) is 53.6 Å². The van der Waals surface area contributed by atoms with E-state index in [-0.39, 0.29) is 16.0 Å². The summed E-state index contributed by atoms with van der Waals surface area (Å²) in [4.78, 5) is 37.1. The maximum absolute atomic E-state index is 12.4. The number of rotatable bonds is 8. The number of carbonyl (C=O) groups excluding carboxylic acids is 3. The van der Waals surface area contributed by atoms with Crippen molar-refractivity contribution in [3.8, 4) is 11.5 Å². The van der Waals surface area contributed by atoms with Gasteiger partial charge in [0.2, 0.25) is 0 Å². The predicted molar refractivity (Wildman–Crippen MR) is 104 cm³/mol. The van der Waals surface area contributed by atoms with Crippen molar-refractivity contribution >= 4 is 27.7 Å². The number of nitrogens with one attached hydrogen (secondary N) is 3. The average Bonchev–Trinajstić information content (AvgIpc) is 3.01. The first-order valence-corrected chi connectivity index (χ1v) is 10.4. The van der Waals surface area contributed by atoms with Gasteiger partial charge in [-0.15, -0.1) is 4.83 Å². The zero-order valence-electron chi connectivity index (χ0n) is 16.1. The van der Waals surface area contributed by atoms with Gasteiger partial charge in [-0.3, -0.25) is 25.1 Å². The summed E-state index contributed by atoms with van der Waals surface area (Å²) in [5, 5.41) is 2.07. The van der Waals surface area contributed by atoms with Crippen LogP contribution in [0.4, 0.5) is 0 Å². The predicted octanol–water partition coefficient (Wildman–Crippen LogP) is 0.746. The minimum Gasteiger partial charge on any atom is -0.494 e. The lowest BCUT2D eigenvalue weighted by molar-refractivity contribution is -0.127. The Labute approximate surface area is 172 Å². The number of benzene rings is 2. The Kier molecular flexibility index (Phi) is 6.04. The highest BCUT2D eigenvalue weighted by molar-refractivity contribution is 7.89. The second-order valence-electron chi connectivity index (χ2n) is 6.25. The first-order valence-electron chi connectivity index (χ1n) is 8.92. The molecular weight excluding hydrogens is 414 g/mol. The van der Waals surface area contributed by atoms with Gasteiger partial charge in [-0.25, -0.2) is 8.42 Å². The first kappa shape index (κ1) is 21.3. The molecule has 0 bridgehead atoms. The van der Waals surface area contributed by atoms with Crippen molar-refractivity contribution in [2.75, 3.05) is 6.61 Å². The molecule has 30 heavy (non-hydrogen) atoms. The summed E-state index contributed by atoms with van der Waals surface area (Å²) >= 11 is 0. The molecule has 2 aromatic rings. The molecule has 0 aromatic heterocycles. The van der Waals surface area contributed by atoms with E-state index in [0.29, 0.717) is 18.1 Å². The van der Waals surface area contributed by atoms with Crippen LogP contribution in [0.15, 0.2) is 47.4 Å². The number of fused-ring (bicyclic) bond motifs is 1. The van der Waals surface area contributed by atoms with Gasteiger partial charge in [0.05, 0.1) is 22.6 Å². The lowest BCUT2D eigenvalue weighted by Crippen LogP contribution is -2.47. The summed E-state index contributed by atoms with van der Waals surface area (Å²) < 4.78 is 35.6. The van der Waals surface area contributed by atoms with Crippen molar-refractivity contribution in [2.45, 2.75) is 24.8 Å². The van der Waals surface area contributed by atoms with Crippen LogP contribution in [-0.4, -0.2) is 38.9 Å². The van der Waals surface area contributed by atoms with Crippen LogP contribution in [0.3, 0.4) is 0 Å². The van der Waals surface area contributed by atoms with Crippen LogP contribution in [0.5, 0.6) is 11.5 Å². The lowest BCUT2D eigenvalue weighted by Gasteiger charge is -2.15. The molecule has 3 N–H and O–H groups in total. The van der Waals surface area contributed by atoms with Crippen molar-refractivity contribution in [1.29, 1.82) is 0 Å². The number of sulfonamides is 1. The smallest absolute Gasteiger partial charge is 0.275 e. The zero-order valence-corrected chi connectivity index (χ0v) is 16.9. The van der Waals surface area contributed by atoms with Gasteiger partial charge in [0.15, 0.2) is 6.10 Å². The molecule has 0 aliphatic carbocycles. The minimum atomic E-state index is -4.18. The average molecular weight is 433 g/mol. The number of hydrogen-bond acceptors (Lipinski definition) is 7. The summed E-state index contributed by atoms with van der Waals surface area (Å²) in [6.07, 6.45) is -1.01. The summed E-state index contributed by atoms with van der Waals surface area (Å²) in [5.41, 5.74) is 2.10. The number of amides is 3. The summed E-state index contributed by atoms with van der Waals surface area (Å²) in [6.45, 7) is 3.82. The lowest BCUT2D eigenvalue weighted by atomic mass is 10.1.